The molecule has 1 atom stereocenters. The summed E-state index contributed by atoms with van der Waals surface area (Å²) in [4.78, 5) is 0. The molecule has 0 unspecified atom stereocenters. The molecule has 5 heteroatoms. The predicted octanol–water partition coefficient (Wildman–Crippen LogP) is 4.97. The van der Waals surface area contributed by atoms with E-state index < -0.39 is 16.1 Å². The quantitative estimate of drug-likeness (QED) is 0.601. The third-order valence-electron chi connectivity index (χ3n) is 4.11. The van der Waals surface area contributed by atoms with Crippen molar-refractivity contribution in [3.63, 3.8) is 0 Å². The van der Waals surface area contributed by atoms with Crippen molar-refractivity contribution < 1.29 is 8.42 Å². The first-order valence-corrected chi connectivity index (χ1v) is 10.7. The van der Waals surface area contributed by atoms with Gasteiger partial charge in [-0.1, -0.05) is 88.2 Å². The Bertz CT molecular complexity index is 953. The van der Waals surface area contributed by atoms with Crippen molar-refractivity contribution in [3.05, 3.63) is 106 Å². The summed E-state index contributed by atoms with van der Waals surface area (Å²) >= 11 is 3.37. The summed E-state index contributed by atoms with van der Waals surface area (Å²) in [5.41, 5.74) is 3.71. The molecule has 0 saturated carbocycles. The summed E-state index contributed by atoms with van der Waals surface area (Å²) in [6.45, 7) is 2.01. The summed E-state index contributed by atoms with van der Waals surface area (Å²) in [5, 5.41) is 0. The minimum Gasteiger partial charge on any atom is -0.212 e. The maximum Gasteiger partial charge on any atom is 0.216 e. The van der Waals surface area contributed by atoms with E-state index >= 15 is 0 Å². The molecule has 0 fully saturated rings. The molecule has 0 bridgehead atoms. The average molecular weight is 430 g/mol. The molecule has 0 radical (unpaired) electrons. The highest BCUT2D eigenvalue weighted by molar-refractivity contribution is 9.10. The second-order valence-electron chi connectivity index (χ2n) is 6.26. The molecule has 3 nitrogen and oxygen atoms in total. The number of nitrogens with one attached hydrogen (secondary N) is 1. The summed E-state index contributed by atoms with van der Waals surface area (Å²) < 4.78 is 29.4. The van der Waals surface area contributed by atoms with Crippen molar-refractivity contribution >= 4 is 26.0 Å². The fraction of sp³-hybridized carbons (Fsp3) is 0.143. The second-order valence-corrected chi connectivity index (χ2v) is 8.93. The highest BCUT2D eigenvalue weighted by Crippen LogP contribution is 2.24. The third kappa shape index (κ3) is 5.04. The predicted molar refractivity (Wildman–Crippen MR) is 109 cm³/mol. The van der Waals surface area contributed by atoms with Crippen LogP contribution in [0.15, 0.2) is 83.3 Å². The van der Waals surface area contributed by atoms with Gasteiger partial charge >= 0.3 is 0 Å². The van der Waals surface area contributed by atoms with Crippen molar-refractivity contribution in [1.82, 2.24) is 4.72 Å². The van der Waals surface area contributed by atoms with Gasteiger partial charge in [0.15, 0.2) is 0 Å². The first kappa shape index (κ1) is 18.8. The summed E-state index contributed by atoms with van der Waals surface area (Å²) in [5.74, 6) is -0.0600. The van der Waals surface area contributed by atoms with Crippen LogP contribution in [0.25, 0.3) is 0 Å². The van der Waals surface area contributed by atoms with Gasteiger partial charge in [0.1, 0.15) is 0 Å². The number of sulfonamides is 1. The van der Waals surface area contributed by atoms with Gasteiger partial charge in [-0.25, -0.2) is 13.1 Å². The van der Waals surface area contributed by atoms with Crippen LogP contribution in [0.1, 0.15) is 28.3 Å². The Hall–Kier alpha value is -1.95. The van der Waals surface area contributed by atoms with Gasteiger partial charge in [0.2, 0.25) is 10.0 Å². The molecule has 1 N–H and O–H groups in total. The van der Waals surface area contributed by atoms with Crippen LogP contribution in [0.3, 0.4) is 0 Å². The molecule has 0 saturated heterocycles. The molecule has 26 heavy (non-hydrogen) atoms. The normalized spacial score (nSPS) is 12.7. The third-order valence-corrected chi connectivity index (χ3v) is 5.95. The molecule has 0 spiro atoms. The Labute approximate surface area is 163 Å². The molecule has 0 amide bonds. The molecule has 0 aliphatic carbocycles. The van der Waals surface area contributed by atoms with Crippen LogP contribution in [0.5, 0.6) is 0 Å². The van der Waals surface area contributed by atoms with E-state index in [1.165, 1.54) is 0 Å². The number of aryl methyl sites for hydroxylation is 1. The lowest BCUT2D eigenvalue weighted by Crippen LogP contribution is -2.30. The van der Waals surface area contributed by atoms with Crippen LogP contribution >= 0.6 is 15.9 Å². The van der Waals surface area contributed by atoms with E-state index in [4.69, 9.17) is 0 Å². The fourth-order valence-corrected chi connectivity index (χ4v) is 4.36. The maximum absolute atomic E-state index is 12.8. The Morgan fingerprint density at radius 1 is 0.846 bits per heavy atom. The smallest absolute Gasteiger partial charge is 0.212 e. The summed E-state index contributed by atoms with van der Waals surface area (Å²) in [6, 6.07) is 24.5. The SMILES string of the molecule is Cc1ccc([C@H](NS(=O)(=O)Cc2ccc(Br)cc2)c2ccccc2)cc1. The minimum atomic E-state index is -3.52. The average Bonchev–Trinajstić information content (AvgIpc) is 2.63. The van der Waals surface area contributed by atoms with Crippen molar-refractivity contribution in [3.8, 4) is 0 Å². The molecule has 3 rings (SSSR count). The Balaban J connectivity index is 1.89. The molecule has 0 aliphatic rings. The highest BCUT2D eigenvalue weighted by atomic mass is 79.9. The largest absolute Gasteiger partial charge is 0.216 e. The first-order chi connectivity index (χ1) is 12.4. The lowest BCUT2D eigenvalue weighted by Gasteiger charge is -2.20. The summed E-state index contributed by atoms with van der Waals surface area (Å²) in [7, 11) is -3.52. The van der Waals surface area contributed by atoms with Crippen LogP contribution in [-0.4, -0.2) is 8.42 Å². The van der Waals surface area contributed by atoms with Crippen molar-refractivity contribution in [2.45, 2.75) is 18.7 Å². The molecule has 0 heterocycles. The highest BCUT2D eigenvalue weighted by Gasteiger charge is 2.21. The van der Waals surface area contributed by atoms with Gasteiger partial charge in [0, 0.05) is 4.47 Å². The van der Waals surface area contributed by atoms with Gasteiger partial charge in [-0.3, -0.25) is 0 Å². The number of halogens is 1. The van der Waals surface area contributed by atoms with E-state index in [1.54, 1.807) is 0 Å². The second kappa shape index (κ2) is 8.16. The van der Waals surface area contributed by atoms with Gasteiger partial charge in [-0.2, -0.15) is 0 Å². The van der Waals surface area contributed by atoms with E-state index in [9.17, 15) is 8.42 Å². The number of hydrogen-bond donors (Lipinski definition) is 1. The van der Waals surface area contributed by atoms with E-state index in [2.05, 4.69) is 20.7 Å². The zero-order valence-electron chi connectivity index (χ0n) is 14.4. The summed E-state index contributed by atoms with van der Waals surface area (Å²) in [6.07, 6.45) is 0. The molecule has 3 aromatic rings. The van der Waals surface area contributed by atoms with Gasteiger partial charge in [0.05, 0.1) is 11.8 Å². The van der Waals surface area contributed by atoms with Gasteiger partial charge in [-0.05, 0) is 35.7 Å². The van der Waals surface area contributed by atoms with Crippen molar-refractivity contribution in [1.29, 1.82) is 0 Å². The van der Waals surface area contributed by atoms with E-state index in [0.717, 1.165) is 26.7 Å². The van der Waals surface area contributed by atoms with Crippen LogP contribution in [0, 0.1) is 6.92 Å². The molecule has 0 aromatic heterocycles. The number of hydrogen-bond acceptors (Lipinski definition) is 2. The zero-order valence-corrected chi connectivity index (χ0v) is 16.8. The van der Waals surface area contributed by atoms with Crippen LogP contribution in [-0.2, 0) is 15.8 Å². The van der Waals surface area contributed by atoms with E-state index in [0.29, 0.717) is 0 Å². The topological polar surface area (TPSA) is 46.2 Å². The molecule has 0 aliphatic heterocycles. The van der Waals surface area contributed by atoms with Crippen LogP contribution in [0.2, 0.25) is 0 Å². The first-order valence-electron chi connectivity index (χ1n) is 8.29. The Kier molecular flexibility index (Phi) is 5.91. The molecular weight excluding hydrogens is 410 g/mol. The van der Waals surface area contributed by atoms with Crippen molar-refractivity contribution in [2.75, 3.05) is 0 Å². The van der Waals surface area contributed by atoms with Gasteiger partial charge in [-0.15, -0.1) is 0 Å². The number of benzene rings is 3. The van der Waals surface area contributed by atoms with E-state index in [1.807, 2.05) is 85.8 Å². The van der Waals surface area contributed by atoms with Gasteiger partial charge in [0.25, 0.3) is 0 Å². The standard InChI is InChI=1S/C21H20BrNO2S/c1-16-7-11-19(12-8-16)21(18-5-3-2-4-6-18)23-26(24,25)15-17-9-13-20(22)14-10-17/h2-14,21,23H,15H2,1H3/t21-/m1/s1. The molecule has 3 aromatic carbocycles. The number of rotatable bonds is 6. The van der Waals surface area contributed by atoms with Crippen LogP contribution < -0.4 is 4.72 Å². The fourth-order valence-electron chi connectivity index (χ4n) is 2.75. The van der Waals surface area contributed by atoms with Gasteiger partial charge < -0.3 is 0 Å². The van der Waals surface area contributed by atoms with E-state index in [-0.39, 0.29) is 5.75 Å². The lowest BCUT2D eigenvalue weighted by atomic mass is 9.99. The monoisotopic (exact) mass is 429 g/mol. The Morgan fingerprint density at radius 2 is 1.42 bits per heavy atom. The maximum atomic E-state index is 12.8. The molecule has 134 valence electrons. The minimum absolute atomic E-state index is 0.0600. The zero-order chi connectivity index (χ0) is 18.6. The van der Waals surface area contributed by atoms with Crippen molar-refractivity contribution in [2.24, 2.45) is 0 Å². The lowest BCUT2D eigenvalue weighted by molar-refractivity contribution is 0.571. The Morgan fingerprint density at radius 3 is 2.04 bits per heavy atom. The van der Waals surface area contributed by atoms with Crippen LogP contribution in [0.4, 0.5) is 0 Å². The molecular formula is C21H20BrNO2S.